The summed E-state index contributed by atoms with van der Waals surface area (Å²) >= 11 is 1.41. The molecule has 1 fully saturated rings. The first-order valence-electron chi connectivity index (χ1n) is 8.58. The van der Waals surface area contributed by atoms with Crippen LogP contribution < -0.4 is 10.2 Å². The lowest BCUT2D eigenvalue weighted by atomic mass is 10.1. The predicted molar refractivity (Wildman–Crippen MR) is 98.8 cm³/mol. The summed E-state index contributed by atoms with van der Waals surface area (Å²) in [4.78, 5) is 26.4. The molecule has 1 N–H and O–H groups in total. The number of carbonyl (C=O) groups is 2. The molecule has 3 rings (SSSR count). The van der Waals surface area contributed by atoms with Gasteiger partial charge in [0.15, 0.2) is 0 Å². The second kappa shape index (κ2) is 7.74. The van der Waals surface area contributed by atoms with Crippen LogP contribution >= 0.6 is 11.3 Å². The van der Waals surface area contributed by atoms with Crippen LogP contribution in [0.2, 0.25) is 0 Å². The van der Waals surface area contributed by atoms with Crippen LogP contribution in [0.15, 0.2) is 30.3 Å². The molecule has 0 radical (unpaired) electrons. The van der Waals surface area contributed by atoms with E-state index in [1.165, 1.54) is 11.3 Å². The molecule has 1 aromatic carbocycles. The molecular formula is C18H22N4O2S. The maximum atomic E-state index is 12.5. The molecule has 1 aliphatic heterocycles. The van der Waals surface area contributed by atoms with E-state index >= 15 is 0 Å². The molecule has 2 amide bonds. The van der Waals surface area contributed by atoms with E-state index < -0.39 is 0 Å². The molecule has 0 aliphatic carbocycles. The molecule has 2 aromatic rings. The van der Waals surface area contributed by atoms with Gasteiger partial charge in [0.2, 0.25) is 16.9 Å². The number of amides is 2. The lowest BCUT2D eigenvalue weighted by Gasteiger charge is -2.16. The van der Waals surface area contributed by atoms with E-state index in [1.54, 1.807) is 4.90 Å². The molecule has 25 heavy (non-hydrogen) atoms. The Kier molecular flexibility index (Phi) is 5.43. The van der Waals surface area contributed by atoms with E-state index in [2.05, 4.69) is 29.4 Å². The zero-order chi connectivity index (χ0) is 17.8. The third-order valence-electron chi connectivity index (χ3n) is 4.38. The zero-order valence-corrected chi connectivity index (χ0v) is 15.3. The average Bonchev–Trinajstić information content (AvgIpc) is 3.23. The van der Waals surface area contributed by atoms with Crippen molar-refractivity contribution in [2.45, 2.75) is 39.0 Å². The Balaban J connectivity index is 1.62. The molecule has 0 unspecified atom stereocenters. The summed E-state index contributed by atoms with van der Waals surface area (Å²) in [7, 11) is 0. The van der Waals surface area contributed by atoms with Gasteiger partial charge in [-0.25, -0.2) is 0 Å². The van der Waals surface area contributed by atoms with Crippen molar-refractivity contribution in [3.63, 3.8) is 0 Å². The maximum absolute atomic E-state index is 12.5. The topological polar surface area (TPSA) is 75.2 Å². The number of para-hydroxylation sites is 1. The number of nitrogens with one attached hydrogen (secondary N) is 1. The Morgan fingerprint density at radius 2 is 2.12 bits per heavy atom. The third kappa shape index (κ3) is 4.04. The first kappa shape index (κ1) is 17.5. The Hall–Kier alpha value is -2.28. The van der Waals surface area contributed by atoms with Gasteiger partial charge < -0.3 is 10.2 Å². The molecule has 1 aliphatic rings. The first-order valence-corrected chi connectivity index (χ1v) is 9.39. The Morgan fingerprint density at radius 1 is 1.36 bits per heavy atom. The smallest absolute Gasteiger partial charge is 0.231 e. The van der Waals surface area contributed by atoms with Crippen molar-refractivity contribution in [3.8, 4) is 0 Å². The standard InChI is InChI=1S/C18H22N4O2S/c1-3-7-12(2)17-20-21-18(25-17)19-16(24)13-10-15(23)22(11-13)14-8-5-4-6-9-14/h4-6,8-9,12-13H,3,7,10-11H2,1-2H3,(H,19,21,24)/t12-,13+/m0/s1. The third-order valence-corrected chi connectivity index (χ3v) is 5.45. The number of anilines is 2. The van der Waals surface area contributed by atoms with Crippen LogP contribution in [0.25, 0.3) is 0 Å². The summed E-state index contributed by atoms with van der Waals surface area (Å²) in [5, 5.41) is 12.5. The highest BCUT2D eigenvalue weighted by molar-refractivity contribution is 7.15. The molecular weight excluding hydrogens is 336 g/mol. The van der Waals surface area contributed by atoms with Crippen LogP contribution in [0.4, 0.5) is 10.8 Å². The van der Waals surface area contributed by atoms with E-state index in [0.29, 0.717) is 17.6 Å². The highest BCUT2D eigenvalue weighted by atomic mass is 32.1. The summed E-state index contributed by atoms with van der Waals surface area (Å²) in [5.41, 5.74) is 0.828. The van der Waals surface area contributed by atoms with Gasteiger partial charge in [0.1, 0.15) is 5.01 Å². The summed E-state index contributed by atoms with van der Waals surface area (Å²) in [6, 6.07) is 9.43. The second-order valence-corrected chi connectivity index (χ2v) is 7.37. The summed E-state index contributed by atoms with van der Waals surface area (Å²) in [6.07, 6.45) is 2.35. The maximum Gasteiger partial charge on any atom is 0.231 e. The predicted octanol–water partition coefficient (Wildman–Crippen LogP) is 3.43. The van der Waals surface area contributed by atoms with Gasteiger partial charge in [0, 0.05) is 24.6 Å². The second-order valence-electron chi connectivity index (χ2n) is 6.37. The van der Waals surface area contributed by atoms with Crippen LogP contribution in [-0.2, 0) is 9.59 Å². The lowest BCUT2D eigenvalue weighted by Crippen LogP contribution is -2.28. The van der Waals surface area contributed by atoms with E-state index in [-0.39, 0.29) is 24.2 Å². The fourth-order valence-corrected chi connectivity index (χ4v) is 3.82. The number of hydrogen-bond acceptors (Lipinski definition) is 5. The lowest BCUT2D eigenvalue weighted by molar-refractivity contribution is -0.122. The molecule has 0 spiro atoms. The quantitative estimate of drug-likeness (QED) is 0.858. The van der Waals surface area contributed by atoms with Crippen molar-refractivity contribution in [1.29, 1.82) is 0 Å². The molecule has 2 atom stereocenters. The van der Waals surface area contributed by atoms with Crippen molar-refractivity contribution >= 4 is 34.0 Å². The van der Waals surface area contributed by atoms with Crippen molar-refractivity contribution in [2.75, 3.05) is 16.8 Å². The largest absolute Gasteiger partial charge is 0.312 e. The minimum atomic E-state index is -0.367. The van der Waals surface area contributed by atoms with Gasteiger partial charge in [-0.15, -0.1) is 10.2 Å². The number of nitrogens with zero attached hydrogens (tertiary/aromatic N) is 3. The highest BCUT2D eigenvalue weighted by Crippen LogP contribution is 2.28. The van der Waals surface area contributed by atoms with Crippen molar-refractivity contribution < 1.29 is 9.59 Å². The molecule has 0 saturated carbocycles. The number of benzene rings is 1. The number of rotatable bonds is 6. The first-order chi connectivity index (χ1) is 12.1. The summed E-state index contributed by atoms with van der Waals surface area (Å²) in [5.74, 6) is -0.221. The van der Waals surface area contributed by atoms with Gasteiger partial charge in [-0.1, -0.05) is 49.8 Å². The van der Waals surface area contributed by atoms with Gasteiger partial charge in [-0.3, -0.25) is 9.59 Å². The summed E-state index contributed by atoms with van der Waals surface area (Å²) < 4.78 is 0. The van der Waals surface area contributed by atoms with Crippen LogP contribution in [-0.4, -0.2) is 28.6 Å². The SMILES string of the molecule is CCC[C@H](C)c1nnc(NC(=O)[C@@H]2CC(=O)N(c3ccccc3)C2)s1. The zero-order valence-electron chi connectivity index (χ0n) is 14.4. The van der Waals surface area contributed by atoms with E-state index in [1.807, 2.05) is 30.3 Å². The van der Waals surface area contributed by atoms with Crippen molar-refractivity contribution in [3.05, 3.63) is 35.3 Å². The summed E-state index contributed by atoms with van der Waals surface area (Å²) in [6.45, 7) is 4.64. The van der Waals surface area contributed by atoms with E-state index in [0.717, 1.165) is 23.5 Å². The average molecular weight is 358 g/mol. The van der Waals surface area contributed by atoms with Gasteiger partial charge in [0.05, 0.1) is 5.92 Å². The number of aromatic nitrogens is 2. The van der Waals surface area contributed by atoms with Crippen LogP contribution in [0.1, 0.15) is 44.0 Å². The molecule has 132 valence electrons. The van der Waals surface area contributed by atoms with Crippen molar-refractivity contribution in [1.82, 2.24) is 10.2 Å². The molecule has 7 heteroatoms. The van der Waals surface area contributed by atoms with E-state index in [4.69, 9.17) is 0 Å². The molecule has 0 bridgehead atoms. The molecule has 1 saturated heterocycles. The van der Waals surface area contributed by atoms with Gasteiger partial charge >= 0.3 is 0 Å². The molecule has 2 heterocycles. The number of hydrogen-bond donors (Lipinski definition) is 1. The van der Waals surface area contributed by atoms with Crippen LogP contribution in [0, 0.1) is 5.92 Å². The van der Waals surface area contributed by atoms with Crippen LogP contribution in [0.5, 0.6) is 0 Å². The minimum Gasteiger partial charge on any atom is -0.312 e. The minimum absolute atomic E-state index is 0.0270. The Labute approximate surface area is 151 Å². The van der Waals surface area contributed by atoms with Crippen molar-refractivity contribution in [2.24, 2.45) is 5.92 Å². The fourth-order valence-electron chi connectivity index (χ4n) is 2.99. The Morgan fingerprint density at radius 3 is 2.84 bits per heavy atom. The fraction of sp³-hybridized carbons (Fsp3) is 0.444. The number of carbonyl (C=O) groups excluding carboxylic acids is 2. The van der Waals surface area contributed by atoms with Gasteiger partial charge in [-0.2, -0.15) is 0 Å². The highest BCUT2D eigenvalue weighted by Gasteiger charge is 2.35. The normalized spacial score (nSPS) is 18.4. The van der Waals surface area contributed by atoms with E-state index in [9.17, 15) is 9.59 Å². The Bertz CT molecular complexity index is 747. The monoisotopic (exact) mass is 358 g/mol. The van der Waals surface area contributed by atoms with Gasteiger partial charge in [0.25, 0.3) is 0 Å². The van der Waals surface area contributed by atoms with Gasteiger partial charge in [-0.05, 0) is 18.6 Å². The molecule has 1 aromatic heterocycles. The molecule has 6 nitrogen and oxygen atoms in total. The van der Waals surface area contributed by atoms with Crippen LogP contribution in [0.3, 0.4) is 0 Å².